The highest BCUT2D eigenvalue weighted by molar-refractivity contribution is 9.10. The number of aryl methyl sites for hydroxylation is 1. The number of rotatable bonds is 3. The highest BCUT2D eigenvalue weighted by Gasteiger charge is 2.16. The maximum atomic E-state index is 10.2. The van der Waals surface area contributed by atoms with Crippen LogP contribution in [0.25, 0.3) is 0 Å². The minimum absolute atomic E-state index is 0.471. The van der Waals surface area contributed by atoms with Crippen molar-refractivity contribution in [3.63, 3.8) is 0 Å². The van der Waals surface area contributed by atoms with E-state index in [1.165, 1.54) is 0 Å². The molecular weight excluding hydrogens is 250 g/mol. The van der Waals surface area contributed by atoms with Crippen LogP contribution in [0.1, 0.15) is 17.2 Å². The van der Waals surface area contributed by atoms with E-state index < -0.39 is 17.6 Å². The summed E-state index contributed by atoms with van der Waals surface area (Å²) in [4.78, 5) is 9.66. The summed E-state index contributed by atoms with van der Waals surface area (Å²) in [5.74, 6) is 0. The second-order valence-electron chi connectivity index (χ2n) is 3.06. The molecule has 1 unspecified atom stereocenters. The van der Waals surface area contributed by atoms with Crippen LogP contribution in [0.15, 0.2) is 22.7 Å². The summed E-state index contributed by atoms with van der Waals surface area (Å²) in [6, 6.07) is 5.31. The van der Waals surface area contributed by atoms with Crippen molar-refractivity contribution >= 4 is 15.9 Å². The summed E-state index contributed by atoms with van der Waals surface area (Å²) in [6.45, 7) is 1.44. The van der Waals surface area contributed by atoms with Crippen molar-refractivity contribution in [2.45, 2.75) is 13.0 Å². The van der Waals surface area contributed by atoms with E-state index in [2.05, 4.69) is 15.9 Å². The summed E-state index contributed by atoms with van der Waals surface area (Å²) in [6.07, 6.45) is -1.06. The van der Waals surface area contributed by atoms with Gasteiger partial charge in [-0.05, 0) is 18.6 Å². The monoisotopic (exact) mass is 259 g/mol. The fraction of sp³-hybridized carbons (Fsp3) is 0.333. The second-order valence-corrected chi connectivity index (χ2v) is 3.91. The quantitative estimate of drug-likeness (QED) is 0.668. The molecule has 0 radical (unpaired) electrons. The summed E-state index contributed by atoms with van der Waals surface area (Å²) in [7, 11) is 0. The highest BCUT2D eigenvalue weighted by atomic mass is 79.9. The Bertz CT molecular complexity index is 354. The van der Waals surface area contributed by atoms with E-state index >= 15 is 0 Å². The lowest BCUT2D eigenvalue weighted by Gasteiger charge is -2.09. The van der Waals surface area contributed by atoms with Crippen molar-refractivity contribution < 1.29 is 10.0 Å². The molecule has 0 saturated heterocycles. The van der Waals surface area contributed by atoms with Crippen molar-refractivity contribution in [2.24, 2.45) is 0 Å². The lowest BCUT2D eigenvalue weighted by Crippen LogP contribution is -2.12. The molecule has 1 aromatic rings. The van der Waals surface area contributed by atoms with Crippen LogP contribution in [0, 0.1) is 17.0 Å². The Morgan fingerprint density at radius 2 is 2.29 bits per heavy atom. The van der Waals surface area contributed by atoms with Gasteiger partial charge in [0.1, 0.15) is 6.10 Å². The van der Waals surface area contributed by atoms with Gasteiger partial charge in [-0.25, -0.2) is 0 Å². The molecule has 0 bridgehead atoms. The Labute approximate surface area is 89.8 Å². The van der Waals surface area contributed by atoms with Crippen molar-refractivity contribution in [2.75, 3.05) is 6.54 Å². The predicted molar refractivity (Wildman–Crippen MR) is 55.7 cm³/mol. The van der Waals surface area contributed by atoms with Gasteiger partial charge in [-0.2, -0.15) is 0 Å². The van der Waals surface area contributed by atoms with Crippen LogP contribution in [-0.2, 0) is 0 Å². The van der Waals surface area contributed by atoms with Gasteiger partial charge in [0, 0.05) is 15.0 Å². The molecule has 0 aliphatic rings. The van der Waals surface area contributed by atoms with Crippen molar-refractivity contribution in [1.82, 2.24) is 0 Å². The standard InChI is InChI=1S/C9H10BrNO3/c1-6-2-3-7(8(10)4-6)9(12)5-11(13)14/h2-4,9,12H,5H2,1H3. The molecule has 14 heavy (non-hydrogen) atoms. The van der Waals surface area contributed by atoms with Gasteiger partial charge in [-0.15, -0.1) is 0 Å². The first-order valence-corrected chi connectivity index (χ1v) is 4.86. The average Bonchev–Trinajstić information content (AvgIpc) is 2.01. The molecule has 1 atom stereocenters. The first kappa shape index (κ1) is 11.1. The molecule has 0 saturated carbocycles. The smallest absolute Gasteiger partial charge is 0.233 e. The Kier molecular flexibility index (Phi) is 3.60. The number of benzene rings is 1. The maximum Gasteiger partial charge on any atom is 0.233 e. The molecule has 76 valence electrons. The lowest BCUT2D eigenvalue weighted by molar-refractivity contribution is -0.491. The number of aliphatic hydroxyl groups is 1. The van der Waals surface area contributed by atoms with E-state index in [0.717, 1.165) is 5.56 Å². The molecule has 1 rings (SSSR count). The van der Waals surface area contributed by atoms with Crippen LogP contribution in [0.4, 0.5) is 0 Å². The lowest BCUT2D eigenvalue weighted by atomic mass is 10.1. The number of hydrogen-bond donors (Lipinski definition) is 1. The van der Waals surface area contributed by atoms with Crippen molar-refractivity contribution in [3.05, 3.63) is 43.9 Å². The fourth-order valence-electron chi connectivity index (χ4n) is 1.14. The number of nitrogens with zero attached hydrogens (tertiary/aromatic N) is 1. The normalized spacial score (nSPS) is 12.5. The van der Waals surface area contributed by atoms with E-state index in [1.807, 2.05) is 19.1 Å². The zero-order valence-corrected chi connectivity index (χ0v) is 9.19. The summed E-state index contributed by atoms with van der Waals surface area (Å²) < 4.78 is 0.701. The van der Waals surface area contributed by atoms with E-state index in [-0.39, 0.29) is 0 Å². The zero-order valence-electron chi connectivity index (χ0n) is 7.61. The molecule has 0 heterocycles. The second kappa shape index (κ2) is 4.52. The number of nitro groups is 1. The third-order valence-electron chi connectivity index (χ3n) is 1.84. The molecule has 0 aliphatic heterocycles. The third-order valence-corrected chi connectivity index (χ3v) is 2.52. The Hall–Kier alpha value is -0.940. The molecule has 1 aromatic carbocycles. The zero-order chi connectivity index (χ0) is 10.7. The van der Waals surface area contributed by atoms with Crippen LogP contribution in [0.5, 0.6) is 0 Å². The van der Waals surface area contributed by atoms with Crippen molar-refractivity contribution in [3.8, 4) is 0 Å². The molecule has 4 nitrogen and oxygen atoms in total. The van der Waals surface area contributed by atoms with Gasteiger partial charge in [0.2, 0.25) is 6.54 Å². The fourth-order valence-corrected chi connectivity index (χ4v) is 1.90. The van der Waals surface area contributed by atoms with Gasteiger partial charge in [-0.3, -0.25) is 10.1 Å². The minimum atomic E-state index is -1.06. The van der Waals surface area contributed by atoms with Gasteiger partial charge in [0.05, 0.1) is 0 Å². The van der Waals surface area contributed by atoms with E-state index in [4.69, 9.17) is 0 Å². The highest BCUT2D eigenvalue weighted by Crippen LogP contribution is 2.24. The van der Waals surface area contributed by atoms with E-state index in [1.54, 1.807) is 6.07 Å². The van der Waals surface area contributed by atoms with Gasteiger partial charge < -0.3 is 5.11 Å². The first-order chi connectivity index (χ1) is 6.50. The largest absolute Gasteiger partial charge is 0.381 e. The molecule has 0 spiro atoms. The molecule has 5 heteroatoms. The number of aliphatic hydroxyl groups excluding tert-OH is 1. The number of halogens is 1. The van der Waals surface area contributed by atoms with Gasteiger partial charge >= 0.3 is 0 Å². The number of hydrogen-bond acceptors (Lipinski definition) is 3. The summed E-state index contributed by atoms with van der Waals surface area (Å²) >= 11 is 3.26. The average molecular weight is 260 g/mol. The van der Waals surface area contributed by atoms with Crippen LogP contribution >= 0.6 is 15.9 Å². The molecular formula is C9H10BrNO3. The van der Waals surface area contributed by atoms with Crippen molar-refractivity contribution in [1.29, 1.82) is 0 Å². The summed E-state index contributed by atoms with van der Waals surface area (Å²) in [5.41, 5.74) is 1.58. The molecule has 0 fully saturated rings. The first-order valence-electron chi connectivity index (χ1n) is 4.06. The van der Waals surface area contributed by atoms with Crippen LogP contribution in [0.3, 0.4) is 0 Å². The minimum Gasteiger partial charge on any atom is -0.381 e. The Morgan fingerprint density at radius 1 is 1.64 bits per heavy atom. The SMILES string of the molecule is Cc1ccc(C(O)C[N+](=O)[O-])c(Br)c1. The summed E-state index contributed by atoms with van der Waals surface area (Å²) in [5, 5.41) is 19.7. The van der Waals surface area contributed by atoms with Crippen LogP contribution in [0.2, 0.25) is 0 Å². The molecule has 1 N–H and O–H groups in total. The Morgan fingerprint density at radius 3 is 2.79 bits per heavy atom. The van der Waals surface area contributed by atoms with Gasteiger partial charge in [0.25, 0.3) is 0 Å². The Balaban J connectivity index is 2.90. The van der Waals surface area contributed by atoms with Crippen LogP contribution in [-0.4, -0.2) is 16.6 Å². The topological polar surface area (TPSA) is 63.4 Å². The van der Waals surface area contributed by atoms with E-state index in [9.17, 15) is 15.2 Å². The molecule has 0 amide bonds. The maximum absolute atomic E-state index is 10.2. The van der Waals surface area contributed by atoms with Crippen LogP contribution < -0.4 is 0 Å². The third kappa shape index (κ3) is 2.78. The van der Waals surface area contributed by atoms with Gasteiger partial charge in [0.15, 0.2) is 0 Å². The predicted octanol–water partition coefficient (Wildman–Crippen LogP) is 2.07. The molecule has 0 aromatic heterocycles. The van der Waals surface area contributed by atoms with Gasteiger partial charge in [-0.1, -0.05) is 28.1 Å². The molecule has 0 aliphatic carbocycles. The van der Waals surface area contributed by atoms with E-state index in [0.29, 0.717) is 10.0 Å².